The van der Waals surface area contributed by atoms with Crippen molar-refractivity contribution in [2.24, 2.45) is 5.92 Å². The minimum atomic E-state index is 0.288. The highest BCUT2D eigenvalue weighted by Crippen LogP contribution is 2.14. The predicted molar refractivity (Wildman–Crippen MR) is 65.8 cm³/mol. The van der Waals surface area contributed by atoms with Crippen LogP contribution in [0.2, 0.25) is 0 Å². The number of hydrogen-bond acceptors (Lipinski definition) is 1. The summed E-state index contributed by atoms with van der Waals surface area (Å²) in [7, 11) is 0. The van der Waals surface area contributed by atoms with E-state index < -0.39 is 0 Å². The molecule has 0 aromatic rings. The van der Waals surface area contributed by atoms with Crippen molar-refractivity contribution < 1.29 is 4.79 Å². The molecule has 1 amide bonds. The van der Waals surface area contributed by atoms with E-state index >= 15 is 0 Å². The number of amides is 1. The quantitative estimate of drug-likeness (QED) is 0.592. The summed E-state index contributed by atoms with van der Waals surface area (Å²) in [5.74, 6) is 0.713. The van der Waals surface area contributed by atoms with Gasteiger partial charge in [0.2, 0.25) is 5.91 Å². The topological polar surface area (TPSA) is 20.3 Å². The zero-order chi connectivity index (χ0) is 11.7. The first-order chi connectivity index (χ1) is 7.19. The van der Waals surface area contributed by atoms with Gasteiger partial charge in [-0.25, -0.2) is 0 Å². The molecule has 1 atom stereocenters. The van der Waals surface area contributed by atoms with Crippen LogP contribution >= 0.6 is 0 Å². The number of nitrogens with zero attached hydrogens (tertiary/aromatic N) is 1. The Labute approximate surface area is 94.4 Å². The largest absolute Gasteiger partial charge is 0.343 e. The third-order valence-electron chi connectivity index (χ3n) is 2.68. The van der Waals surface area contributed by atoms with Gasteiger partial charge >= 0.3 is 0 Å². The van der Waals surface area contributed by atoms with E-state index in [2.05, 4.69) is 19.1 Å². The van der Waals surface area contributed by atoms with Gasteiger partial charge in [0.15, 0.2) is 0 Å². The second-order valence-electron chi connectivity index (χ2n) is 3.84. The van der Waals surface area contributed by atoms with Crippen molar-refractivity contribution in [3.8, 4) is 0 Å². The Bertz CT molecular complexity index is 195. The number of hydrogen-bond donors (Lipinski definition) is 0. The van der Waals surface area contributed by atoms with Crippen LogP contribution in [0.5, 0.6) is 0 Å². The maximum absolute atomic E-state index is 11.9. The lowest BCUT2D eigenvalue weighted by molar-refractivity contribution is -0.131. The Morgan fingerprint density at radius 1 is 1.27 bits per heavy atom. The summed E-state index contributed by atoms with van der Waals surface area (Å²) < 4.78 is 0. The smallest absolute Gasteiger partial charge is 0.223 e. The van der Waals surface area contributed by atoms with Crippen LogP contribution in [0, 0.1) is 5.92 Å². The second-order valence-corrected chi connectivity index (χ2v) is 3.84. The number of carbonyl (C=O) groups excluding carboxylic acids is 1. The Balaban J connectivity index is 4.20. The highest BCUT2D eigenvalue weighted by molar-refractivity contribution is 5.76. The first-order valence-electron chi connectivity index (χ1n) is 6.10. The van der Waals surface area contributed by atoms with Crippen LogP contribution < -0.4 is 0 Å². The van der Waals surface area contributed by atoms with Crippen molar-refractivity contribution in [1.29, 1.82) is 0 Å². The van der Waals surface area contributed by atoms with Crippen molar-refractivity contribution in [2.45, 2.75) is 47.0 Å². The van der Waals surface area contributed by atoms with Crippen molar-refractivity contribution in [1.82, 2.24) is 4.90 Å². The normalized spacial score (nSPS) is 13.1. The summed E-state index contributed by atoms with van der Waals surface area (Å²) in [6.45, 7) is 9.90. The number of allylic oxidation sites excluding steroid dienone is 2. The molecular weight excluding hydrogens is 186 g/mol. The summed E-state index contributed by atoms with van der Waals surface area (Å²) >= 11 is 0. The number of rotatable bonds is 7. The molecule has 0 aliphatic carbocycles. The molecule has 0 aliphatic rings. The average molecular weight is 211 g/mol. The molecule has 0 spiro atoms. The molecule has 0 fully saturated rings. The first kappa shape index (κ1) is 14.2. The van der Waals surface area contributed by atoms with Gasteiger partial charge in [0.1, 0.15) is 0 Å². The van der Waals surface area contributed by atoms with Gasteiger partial charge in [-0.05, 0) is 33.1 Å². The lowest BCUT2D eigenvalue weighted by Crippen LogP contribution is -2.31. The first-order valence-corrected chi connectivity index (χ1v) is 6.10. The summed E-state index contributed by atoms with van der Waals surface area (Å²) in [4.78, 5) is 13.8. The van der Waals surface area contributed by atoms with Gasteiger partial charge in [0, 0.05) is 19.5 Å². The van der Waals surface area contributed by atoms with Crippen molar-refractivity contribution in [3.05, 3.63) is 12.2 Å². The van der Waals surface area contributed by atoms with Gasteiger partial charge in [0.25, 0.3) is 0 Å². The Morgan fingerprint density at radius 2 is 1.87 bits per heavy atom. The van der Waals surface area contributed by atoms with E-state index in [1.807, 2.05) is 25.7 Å². The Kier molecular flexibility index (Phi) is 8.06. The zero-order valence-electron chi connectivity index (χ0n) is 10.6. The highest BCUT2D eigenvalue weighted by atomic mass is 16.2. The van der Waals surface area contributed by atoms with Gasteiger partial charge in [0.05, 0.1) is 0 Å². The molecule has 2 heteroatoms. The van der Waals surface area contributed by atoms with Crippen LogP contribution in [0.3, 0.4) is 0 Å². The molecule has 2 nitrogen and oxygen atoms in total. The summed E-state index contributed by atoms with van der Waals surface area (Å²) in [6.07, 6.45) is 7.12. The fourth-order valence-corrected chi connectivity index (χ4v) is 1.84. The van der Waals surface area contributed by atoms with Gasteiger partial charge in [-0.3, -0.25) is 4.79 Å². The minimum Gasteiger partial charge on any atom is -0.343 e. The van der Waals surface area contributed by atoms with Crippen LogP contribution in [0.15, 0.2) is 12.2 Å². The number of carbonyl (C=O) groups is 1. The fraction of sp³-hybridized carbons (Fsp3) is 0.769. The van der Waals surface area contributed by atoms with Crippen LogP contribution in [0.1, 0.15) is 47.0 Å². The molecule has 0 rings (SSSR count). The third-order valence-corrected chi connectivity index (χ3v) is 2.68. The molecule has 0 saturated heterocycles. The Hall–Kier alpha value is -0.790. The molecule has 0 N–H and O–H groups in total. The van der Waals surface area contributed by atoms with Crippen LogP contribution in [0.25, 0.3) is 0 Å². The van der Waals surface area contributed by atoms with Crippen molar-refractivity contribution >= 4 is 5.91 Å². The average Bonchev–Trinajstić information content (AvgIpc) is 2.20. The molecule has 0 heterocycles. The maximum atomic E-state index is 11.9. The monoisotopic (exact) mass is 211 g/mol. The van der Waals surface area contributed by atoms with Gasteiger partial charge in [-0.1, -0.05) is 25.5 Å². The lowest BCUT2D eigenvalue weighted by Gasteiger charge is -2.21. The molecule has 0 saturated carbocycles. The Morgan fingerprint density at radius 3 is 2.27 bits per heavy atom. The molecule has 1 unspecified atom stereocenters. The summed E-state index contributed by atoms with van der Waals surface area (Å²) in [6, 6.07) is 0. The van der Waals surface area contributed by atoms with E-state index in [1.54, 1.807) is 0 Å². The van der Waals surface area contributed by atoms with Crippen LogP contribution in [0.4, 0.5) is 0 Å². The van der Waals surface area contributed by atoms with Gasteiger partial charge in [-0.2, -0.15) is 0 Å². The molecule has 88 valence electrons. The predicted octanol–water partition coefficient (Wildman–Crippen LogP) is 3.24. The van der Waals surface area contributed by atoms with E-state index in [1.165, 1.54) is 0 Å². The van der Waals surface area contributed by atoms with Crippen molar-refractivity contribution in [2.75, 3.05) is 13.1 Å². The molecule has 0 aromatic carbocycles. The standard InChI is InChI=1S/C13H25NO/c1-5-9-12(10-6-2)11-13(15)14(7-3)8-4/h5,9,12H,6-8,10-11H2,1-4H3/b9-5+. The molecule has 0 aromatic heterocycles. The van der Waals surface area contributed by atoms with Crippen LogP contribution in [-0.2, 0) is 4.79 Å². The van der Waals surface area contributed by atoms with E-state index in [0.717, 1.165) is 25.9 Å². The maximum Gasteiger partial charge on any atom is 0.223 e. The summed E-state index contributed by atoms with van der Waals surface area (Å²) in [5.41, 5.74) is 0. The van der Waals surface area contributed by atoms with E-state index in [0.29, 0.717) is 12.3 Å². The SMILES string of the molecule is C/C=C/C(CCC)CC(=O)N(CC)CC. The fourth-order valence-electron chi connectivity index (χ4n) is 1.84. The van der Waals surface area contributed by atoms with E-state index in [9.17, 15) is 4.79 Å². The summed E-state index contributed by atoms with van der Waals surface area (Å²) in [5, 5.41) is 0. The lowest BCUT2D eigenvalue weighted by atomic mass is 9.98. The molecule has 0 bridgehead atoms. The highest BCUT2D eigenvalue weighted by Gasteiger charge is 2.14. The third kappa shape index (κ3) is 5.60. The molecular formula is C13H25NO. The van der Waals surface area contributed by atoms with Gasteiger partial charge in [-0.15, -0.1) is 0 Å². The minimum absolute atomic E-state index is 0.288. The van der Waals surface area contributed by atoms with Gasteiger partial charge < -0.3 is 4.90 Å². The second kappa shape index (κ2) is 8.51. The zero-order valence-corrected chi connectivity index (χ0v) is 10.6. The van der Waals surface area contributed by atoms with Crippen LogP contribution in [-0.4, -0.2) is 23.9 Å². The van der Waals surface area contributed by atoms with Crippen molar-refractivity contribution in [3.63, 3.8) is 0 Å². The molecule has 0 aliphatic heterocycles. The molecule has 15 heavy (non-hydrogen) atoms. The molecule has 0 radical (unpaired) electrons. The van der Waals surface area contributed by atoms with E-state index in [-0.39, 0.29) is 5.91 Å². The van der Waals surface area contributed by atoms with E-state index in [4.69, 9.17) is 0 Å².